The van der Waals surface area contributed by atoms with Gasteiger partial charge in [0.05, 0.1) is 4.90 Å². The number of hydrogen-bond acceptors (Lipinski definition) is 4. The molecule has 2 atom stereocenters. The number of nitrogens with one attached hydrogen (secondary N) is 2. The fraction of sp³-hybridized carbons (Fsp3) is 0.571. The van der Waals surface area contributed by atoms with Crippen LogP contribution in [0.4, 0.5) is 5.69 Å². The third kappa shape index (κ3) is 3.94. The van der Waals surface area contributed by atoms with Gasteiger partial charge in [0.1, 0.15) is 0 Å². The van der Waals surface area contributed by atoms with Gasteiger partial charge in [0, 0.05) is 11.7 Å². The van der Waals surface area contributed by atoms with E-state index in [-0.39, 0.29) is 10.9 Å². The van der Waals surface area contributed by atoms with Crippen LogP contribution in [0, 0.1) is 5.92 Å². The molecule has 1 aliphatic rings. The van der Waals surface area contributed by atoms with Crippen molar-refractivity contribution in [2.45, 2.75) is 50.0 Å². The van der Waals surface area contributed by atoms with Crippen LogP contribution in [0.2, 0.25) is 0 Å². The SMILES string of the molecule is CC1CCCC(NS(=O)(=O)c2ccc(NN)cc2)CC1. The molecular formula is C14H23N3O2S. The molecule has 6 heteroatoms. The Morgan fingerprint density at radius 3 is 2.45 bits per heavy atom. The van der Waals surface area contributed by atoms with Crippen LogP contribution in [0.5, 0.6) is 0 Å². The summed E-state index contributed by atoms with van der Waals surface area (Å²) in [6, 6.07) is 6.50. The first kappa shape index (κ1) is 15.3. The molecule has 0 bridgehead atoms. The summed E-state index contributed by atoms with van der Waals surface area (Å²) in [5.74, 6) is 5.97. The zero-order valence-corrected chi connectivity index (χ0v) is 12.6. The largest absolute Gasteiger partial charge is 0.324 e. The number of hydrogen-bond donors (Lipinski definition) is 3. The molecule has 0 spiro atoms. The molecule has 0 radical (unpaired) electrons. The molecule has 1 aromatic rings. The number of hydrazine groups is 1. The van der Waals surface area contributed by atoms with Gasteiger partial charge in [0.25, 0.3) is 0 Å². The maximum atomic E-state index is 12.3. The Bertz CT molecular complexity index is 528. The number of anilines is 1. The molecule has 112 valence electrons. The van der Waals surface area contributed by atoms with Crippen molar-refractivity contribution in [3.05, 3.63) is 24.3 Å². The summed E-state index contributed by atoms with van der Waals surface area (Å²) in [5, 5.41) is 0. The highest BCUT2D eigenvalue weighted by Crippen LogP contribution is 2.24. The normalized spacial score (nSPS) is 24.1. The average molecular weight is 297 g/mol. The summed E-state index contributed by atoms with van der Waals surface area (Å²) < 4.78 is 27.5. The second-order valence-corrected chi connectivity index (χ2v) is 7.31. The van der Waals surface area contributed by atoms with Gasteiger partial charge in [-0.25, -0.2) is 13.1 Å². The van der Waals surface area contributed by atoms with E-state index in [0.29, 0.717) is 11.6 Å². The summed E-state index contributed by atoms with van der Waals surface area (Å²) in [4.78, 5) is 0.286. The van der Waals surface area contributed by atoms with Crippen LogP contribution in [0.1, 0.15) is 39.0 Å². The Balaban J connectivity index is 2.05. The van der Waals surface area contributed by atoms with Crippen LogP contribution in [0.15, 0.2) is 29.2 Å². The standard InChI is InChI=1S/C14H23N3O2S/c1-11-3-2-4-13(6-5-11)17-20(18,19)14-9-7-12(16-15)8-10-14/h7-11,13,16-17H,2-6,15H2,1H3. The lowest BCUT2D eigenvalue weighted by Crippen LogP contribution is -2.34. The van der Waals surface area contributed by atoms with Gasteiger partial charge < -0.3 is 5.43 Å². The number of benzene rings is 1. The minimum atomic E-state index is -3.44. The Hall–Kier alpha value is -1.11. The molecule has 1 aromatic carbocycles. The quantitative estimate of drug-likeness (QED) is 0.452. The van der Waals surface area contributed by atoms with Crippen molar-refractivity contribution >= 4 is 15.7 Å². The van der Waals surface area contributed by atoms with Crippen molar-refractivity contribution in [2.24, 2.45) is 11.8 Å². The summed E-state index contributed by atoms with van der Waals surface area (Å²) in [6.45, 7) is 2.23. The van der Waals surface area contributed by atoms with Crippen molar-refractivity contribution < 1.29 is 8.42 Å². The van der Waals surface area contributed by atoms with Gasteiger partial charge in [0.2, 0.25) is 10.0 Å². The predicted octanol–water partition coefficient (Wildman–Crippen LogP) is 2.22. The highest BCUT2D eigenvalue weighted by Gasteiger charge is 2.22. The zero-order chi connectivity index (χ0) is 14.6. The smallest absolute Gasteiger partial charge is 0.240 e. The van der Waals surface area contributed by atoms with Crippen molar-refractivity contribution in [1.82, 2.24) is 4.72 Å². The van der Waals surface area contributed by atoms with Crippen LogP contribution in [-0.4, -0.2) is 14.5 Å². The summed E-state index contributed by atoms with van der Waals surface area (Å²) >= 11 is 0. The van der Waals surface area contributed by atoms with Gasteiger partial charge in [-0.05, 0) is 49.4 Å². The van der Waals surface area contributed by atoms with E-state index in [2.05, 4.69) is 17.1 Å². The molecule has 0 aliphatic heterocycles. The number of sulfonamides is 1. The molecular weight excluding hydrogens is 274 g/mol. The molecule has 20 heavy (non-hydrogen) atoms. The highest BCUT2D eigenvalue weighted by molar-refractivity contribution is 7.89. The van der Waals surface area contributed by atoms with Gasteiger partial charge in [-0.3, -0.25) is 5.84 Å². The maximum Gasteiger partial charge on any atom is 0.240 e. The van der Waals surface area contributed by atoms with E-state index in [4.69, 9.17) is 5.84 Å². The van der Waals surface area contributed by atoms with Crippen LogP contribution in [0.3, 0.4) is 0 Å². The zero-order valence-electron chi connectivity index (χ0n) is 11.8. The summed E-state index contributed by atoms with van der Waals surface area (Å²) in [7, 11) is -3.44. The Morgan fingerprint density at radius 1 is 1.10 bits per heavy atom. The molecule has 0 amide bonds. The van der Waals surface area contributed by atoms with Gasteiger partial charge in [-0.15, -0.1) is 0 Å². The van der Waals surface area contributed by atoms with Crippen molar-refractivity contribution in [1.29, 1.82) is 0 Å². The lowest BCUT2D eigenvalue weighted by atomic mass is 10.0. The van der Waals surface area contributed by atoms with E-state index in [1.54, 1.807) is 24.3 Å². The predicted molar refractivity (Wildman–Crippen MR) is 80.6 cm³/mol. The Kier molecular flexibility index (Phi) is 5.01. The lowest BCUT2D eigenvalue weighted by molar-refractivity contribution is 0.484. The highest BCUT2D eigenvalue weighted by atomic mass is 32.2. The van der Waals surface area contributed by atoms with E-state index < -0.39 is 10.0 Å². The van der Waals surface area contributed by atoms with E-state index >= 15 is 0 Å². The maximum absolute atomic E-state index is 12.3. The molecule has 5 nitrogen and oxygen atoms in total. The second kappa shape index (κ2) is 6.56. The Morgan fingerprint density at radius 2 is 1.80 bits per heavy atom. The van der Waals surface area contributed by atoms with Crippen molar-refractivity contribution in [2.75, 3.05) is 5.43 Å². The van der Waals surface area contributed by atoms with E-state index in [1.165, 1.54) is 6.42 Å². The number of rotatable bonds is 4. The first-order valence-corrected chi connectivity index (χ1v) is 8.58. The van der Waals surface area contributed by atoms with E-state index in [9.17, 15) is 8.42 Å². The van der Waals surface area contributed by atoms with Crippen molar-refractivity contribution in [3.63, 3.8) is 0 Å². The first-order valence-electron chi connectivity index (χ1n) is 7.10. The molecule has 1 saturated carbocycles. The minimum Gasteiger partial charge on any atom is -0.324 e. The fourth-order valence-corrected chi connectivity index (χ4v) is 3.93. The van der Waals surface area contributed by atoms with Crippen molar-refractivity contribution in [3.8, 4) is 0 Å². The fourth-order valence-electron chi connectivity index (χ4n) is 2.62. The minimum absolute atomic E-state index is 0.0530. The third-order valence-electron chi connectivity index (χ3n) is 3.91. The van der Waals surface area contributed by atoms with Gasteiger partial charge >= 0.3 is 0 Å². The van der Waals surface area contributed by atoms with Crippen LogP contribution in [-0.2, 0) is 10.0 Å². The van der Waals surface area contributed by atoms with Gasteiger partial charge in [-0.1, -0.05) is 19.8 Å². The van der Waals surface area contributed by atoms with Crippen LogP contribution >= 0.6 is 0 Å². The Labute approximate surface area is 121 Å². The third-order valence-corrected chi connectivity index (χ3v) is 5.45. The number of nitrogen functional groups attached to an aromatic ring is 1. The molecule has 0 aromatic heterocycles. The van der Waals surface area contributed by atoms with Crippen LogP contribution in [0.25, 0.3) is 0 Å². The topological polar surface area (TPSA) is 84.2 Å². The monoisotopic (exact) mass is 297 g/mol. The van der Waals surface area contributed by atoms with Crippen LogP contribution < -0.4 is 16.0 Å². The molecule has 2 unspecified atom stereocenters. The van der Waals surface area contributed by atoms with E-state index in [1.807, 2.05) is 0 Å². The molecule has 1 fully saturated rings. The van der Waals surface area contributed by atoms with E-state index in [0.717, 1.165) is 25.7 Å². The summed E-state index contributed by atoms with van der Waals surface area (Å²) in [6.07, 6.45) is 5.21. The average Bonchev–Trinajstić information content (AvgIpc) is 2.63. The molecule has 4 N–H and O–H groups in total. The molecule has 1 aliphatic carbocycles. The second-order valence-electron chi connectivity index (χ2n) is 5.60. The lowest BCUT2D eigenvalue weighted by Gasteiger charge is -2.16. The van der Waals surface area contributed by atoms with Gasteiger partial charge in [-0.2, -0.15) is 0 Å². The first-order chi connectivity index (χ1) is 9.51. The van der Waals surface area contributed by atoms with Gasteiger partial charge in [0.15, 0.2) is 0 Å². The molecule has 0 heterocycles. The number of nitrogens with two attached hydrogens (primary N) is 1. The summed E-state index contributed by atoms with van der Waals surface area (Å²) in [5.41, 5.74) is 3.17. The molecule has 0 saturated heterocycles. The molecule has 2 rings (SSSR count).